The van der Waals surface area contributed by atoms with E-state index in [0.29, 0.717) is 35.1 Å². The second-order valence-corrected chi connectivity index (χ2v) is 8.00. The van der Waals surface area contributed by atoms with Crippen LogP contribution in [0.15, 0.2) is 34.8 Å². The standard InChI is InChI=1S/C22H33N5O2/c1-14(2)17-7-8-19(20(11-17)26-29)22(24)15(3)10-21(23)25-18-6-5-9-27(12-18)16(4)13-28/h7-8,10-11,13-14,16,18,24,26,29H,5-6,9,12H2,1-4H3,(H2,23,25)/b15-10-,24-22?. The molecule has 0 radical (unpaired) electrons. The Balaban J connectivity index is 2.16. The fraction of sp³-hybridized carbons (Fsp3) is 0.500. The first-order valence-electron chi connectivity index (χ1n) is 10.1. The van der Waals surface area contributed by atoms with Crippen LogP contribution in [-0.2, 0) is 4.79 Å². The fourth-order valence-corrected chi connectivity index (χ4v) is 3.53. The number of nitrogens with zero attached hydrogens (tertiary/aromatic N) is 2. The summed E-state index contributed by atoms with van der Waals surface area (Å²) in [5.41, 5.74) is 11.4. The van der Waals surface area contributed by atoms with Crippen LogP contribution in [0.3, 0.4) is 0 Å². The van der Waals surface area contributed by atoms with Gasteiger partial charge in [-0.05, 0) is 62.4 Å². The zero-order chi connectivity index (χ0) is 21.6. The van der Waals surface area contributed by atoms with Crippen LogP contribution in [0.25, 0.3) is 0 Å². The molecule has 158 valence electrons. The lowest BCUT2D eigenvalue weighted by Crippen LogP contribution is -2.44. The fourth-order valence-electron chi connectivity index (χ4n) is 3.53. The van der Waals surface area contributed by atoms with E-state index in [2.05, 4.69) is 29.2 Å². The van der Waals surface area contributed by atoms with Gasteiger partial charge in [-0.3, -0.25) is 26.0 Å². The second-order valence-electron chi connectivity index (χ2n) is 8.00. The molecule has 1 saturated heterocycles. The van der Waals surface area contributed by atoms with E-state index in [1.165, 1.54) is 0 Å². The van der Waals surface area contributed by atoms with E-state index in [1.807, 2.05) is 32.0 Å². The molecule has 2 atom stereocenters. The first-order valence-corrected chi connectivity index (χ1v) is 10.1. The molecular weight excluding hydrogens is 366 g/mol. The molecule has 0 aromatic heterocycles. The summed E-state index contributed by atoms with van der Waals surface area (Å²) in [5, 5.41) is 18.0. The van der Waals surface area contributed by atoms with Gasteiger partial charge in [-0.2, -0.15) is 0 Å². The molecule has 0 amide bonds. The highest BCUT2D eigenvalue weighted by molar-refractivity contribution is 6.16. The van der Waals surface area contributed by atoms with E-state index in [4.69, 9.17) is 11.1 Å². The average Bonchev–Trinajstić information content (AvgIpc) is 2.71. The molecule has 0 aliphatic carbocycles. The van der Waals surface area contributed by atoms with Gasteiger partial charge in [0.05, 0.1) is 23.5 Å². The number of amidine groups is 1. The maximum absolute atomic E-state index is 11.0. The minimum Gasteiger partial charge on any atom is -0.384 e. The number of hydrogen-bond acceptors (Lipinski definition) is 6. The summed E-state index contributed by atoms with van der Waals surface area (Å²) in [4.78, 5) is 17.8. The quantitative estimate of drug-likeness (QED) is 0.232. The lowest BCUT2D eigenvalue weighted by atomic mass is 9.96. The first kappa shape index (κ1) is 22.8. The second kappa shape index (κ2) is 10.3. The van der Waals surface area contributed by atoms with Crippen molar-refractivity contribution >= 4 is 23.5 Å². The van der Waals surface area contributed by atoms with Crippen molar-refractivity contribution in [2.75, 3.05) is 18.6 Å². The van der Waals surface area contributed by atoms with Crippen molar-refractivity contribution in [3.8, 4) is 0 Å². The number of hydrogen-bond donors (Lipinski definition) is 4. The number of nitrogens with one attached hydrogen (secondary N) is 2. The number of likely N-dealkylation sites (tertiary alicyclic amines) is 1. The Labute approximate surface area is 173 Å². The molecular formula is C22H33N5O2. The molecule has 5 N–H and O–H groups in total. The third-order valence-electron chi connectivity index (χ3n) is 5.39. The molecule has 0 saturated carbocycles. The Bertz CT molecular complexity index is 800. The van der Waals surface area contributed by atoms with Crippen LogP contribution in [0.1, 0.15) is 57.6 Å². The van der Waals surface area contributed by atoms with Crippen LogP contribution in [0.4, 0.5) is 5.69 Å². The summed E-state index contributed by atoms with van der Waals surface area (Å²) in [5.74, 6) is 0.692. The zero-order valence-electron chi connectivity index (χ0n) is 17.8. The number of carbonyl (C=O) groups excluding carboxylic acids is 1. The molecule has 1 aromatic rings. The van der Waals surface area contributed by atoms with E-state index >= 15 is 0 Å². The van der Waals surface area contributed by atoms with Crippen LogP contribution < -0.4 is 11.2 Å². The molecule has 1 aromatic carbocycles. The minimum atomic E-state index is -0.113. The summed E-state index contributed by atoms with van der Waals surface area (Å²) >= 11 is 0. The van der Waals surface area contributed by atoms with E-state index in [-0.39, 0.29) is 17.8 Å². The normalized spacial score (nSPS) is 19.9. The molecule has 1 fully saturated rings. The summed E-state index contributed by atoms with van der Waals surface area (Å²) in [7, 11) is 0. The molecule has 7 nitrogen and oxygen atoms in total. The van der Waals surface area contributed by atoms with Gasteiger partial charge in [-0.25, -0.2) is 0 Å². The topological polar surface area (TPSA) is 115 Å². The van der Waals surface area contributed by atoms with Crippen molar-refractivity contribution in [1.29, 1.82) is 5.41 Å². The SMILES string of the molecule is C/C(=C/C(N)=NC1CCCN(C(C)C=O)C1)C(=N)c1ccc(C(C)C)cc1NO. The van der Waals surface area contributed by atoms with Crippen LogP contribution >= 0.6 is 0 Å². The van der Waals surface area contributed by atoms with Gasteiger partial charge in [0.1, 0.15) is 12.1 Å². The number of anilines is 1. The number of aliphatic imine (C=N–C) groups is 1. The average molecular weight is 400 g/mol. The summed E-state index contributed by atoms with van der Waals surface area (Å²) < 4.78 is 0. The predicted octanol–water partition coefficient (Wildman–Crippen LogP) is 3.33. The zero-order valence-corrected chi connectivity index (χ0v) is 17.8. The third-order valence-corrected chi connectivity index (χ3v) is 5.39. The molecule has 2 rings (SSSR count). The first-order chi connectivity index (χ1) is 13.8. The monoisotopic (exact) mass is 399 g/mol. The van der Waals surface area contributed by atoms with Gasteiger partial charge in [0.15, 0.2) is 0 Å². The Kier molecular flexibility index (Phi) is 8.10. The summed E-state index contributed by atoms with van der Waals surface area (Å²) in [6.45, 7) is 9.46. The lowest BCUT2D eigenvalue weighted by molar-refractivity contribution is -0.112. The number of carbonyl (C=O) groups is 1. The number of nitrogens with two attached hydrogens (primary N) is 1. The smallest absolute Gasteiger partial charge is 0.136 e. The van der Waals surface area contributed by atoms with Gasteiger partial charge in [-0.15, -0.1) is 0 Å². The molecule has 1 aliphatic heterocycles. The summed E-state index contributed by atoms with van der Waals surface area (Å²) in [6, 6.07) is 5.58. The molecule has 0 spiro atoms. The molecule has 29 heavy (non-hydrogen) atoms. The van der Waals surface area contributed by atoms with Gasteiger partial charge < -0.3 is 10.5 Å². The molecule has 7 heteroatoms. The molecule has 1 aliphatic rings. The van der Waals surface area contributed by atoms with E-state index < -0.39 is 0 Å². The highest BCUT2D eigenvalue weighted by atomic mass is 16.5. The Hall–Kier alpha value is -2.51. The highest BCUT2D eigenvalue weighted by Crippen LogP contribution is 2.24. The van der Waals surface area contributed by atoms with Crippen molar-refractivity contribution in [1.82, 2.24) is 4.90 Å². The lowest BCUT2D eigenvalue weighted by Gasteiger charge is -2.33. The van der Waals surface area contributed by atoms with Crippen LogP contribution in [0.2, 0.25) is 0 Å². The maximum Gasteiger partial charge on any atom is 0.136 e. The van der Waals surface area contributed by atoms with Gasteiger partial charge in [0.25, 0.3) is 0 Å². The van der Waals surface area contributed by atoms with E-state index in [0.717, 1.165) is 31.2 Å². The Morgan fingerprint density at radius 2 is 2.14 bits per heavy atom. The van der Waals surface area contributed by atoms with Crippen LogP contribution in [-0.4, -0.2) is 53.1 Å². The van der Waals surface area contributed by atoms with Crippen LogP contribution in [0.5, 0.6) is 0 Å². The molecule has 0 bridgehead atoms. The van der Waals surface area contributed by atoms with Crippen molar-refractivity contribution in [2.24, 2.45) is 10.7 Å². The number of benzene rings is 1. The highest BCUT2D eigenvalue weighted by Gasteiger charge is 2.23. The molecule has 1 heterocycles. The Morgan fingerprint density at radius 3 is 2.76 bits per heavy atom. The maximum atomic E-state index is 11.0. The van der Waals surface area contributed by atoms with Gasteiger partial charge in [0, 0.05) is 12.1 Å². The van der Waals surface area contributed by atoms with Crippen molar-refractivity contribution in [3.05, 3.63) is 41.0 Å². The van der Waals surface area contributed by atoms with Gasteiger partial charge >= 0.3 is 0 Å². The van der Waals surface area contributed by atoms with Crippen molar-refractivity contribution in [3.63, 3.8) is 0 Å². The van der Waals surface area contributed by atoms with Crippen LogP contribution in [0, 0.1) is 5.41 Å². The predicted molar refractivity (Wildman–Crippen MR) is 118 cm³/mol. The summed E-state index contributed by atoms with van der Waals surface area (Å²) in [6.07, 6.45) is 4.56. The minimum absolute atomic E-state index is 0.0457. The number of allylic oxidation sites excluding steroid dienone is 1. The van der Waals surface area contributed by atoms with Gasteiger partial charge in [0.2, 0.25) is 0 Å². The van der Waals surface area contributed by atoms with Crippen molar-refractivity contribution in [2.45, 2.75) is 58.5 Å². The number of piperidine rings is 1. The van der Waals surface area contributed by atoms with E-state index in [9.17, 15) is 10.0 Å². The Morgan fingerprint density at radius 1 is 1.41 bits per heavy atom. The number of aldehydes is 1. The van der Waals surface area contributed by atoms with E-state index in [1.54, 1.807) is 6.08 Å². The third kappa shape index (κ3) is 5.98. The van der Waals surface area contributed by atoms with Gasteiger partial charge in [-0.1, -0.05) is 26.0 Å². The van der Waals surface area contributed by atoms with Crippen molar-refractivity contribution < 1.29 is 10.0 Å². The molecule has 2 unspecified atom stereocenters. The number of rotatable bonds is 8. The largest absolute Gasteiger partial charge is 0.384 e.